The fourth-order valence-corrected chi connectivity index (χ4v) is 6.69. The van der Waals surface area contributed by atoms with Gasteiger partial charge < -0.3 is 0 Å². The van der Waals surface area contributed by atoms with Gasteiger partial charge in [-0.3, -0.25) is 9.59 Å². The molecule has 0 saturated heterocycles. The number of aromatic nitrogens is 4. The topological polar surface area (TPSA) is 119 Å². The van der Waals surface area contributed by atoms with Crippen LogP contribution in [-0.4, -0.2) is 43.6 Å². The summed E-state index contributed by atoms with van der Waals surface area (Å²) in [7, 11) is 0. The number of hydrogen-bond acceptors (Lipinski definition) is 10. The normalized spacial score (nSPS) is 12.3. The maximum absolute atomic E-state index is 13.3. The van der Waals surface area contributed by atoms with E-state index in [4.69, 9.17) is 0 Å². The van der Waals surface area contributed by atoms with Crippen LogP contribution in [0, 0.1) is 13.8 Å². The Morgan fingerprint density at radius 2 is 0.885 bits per heavy atom. The largest absolute Gasteiger partial charge is 0.286 e. The standard InChI is InChI=1S/C40H30N8O2S2/c1-27-17-21-33(22-18-27)47-39(51-37(45-47)35(49)29-11-5-3-6-12-29)43-41-25-31-15-9-10-16-32(31)26-42-44-40-48(34-23-19-28(2)20-24-34)46-38(52-40)36(50)30-13-7-4-8-14-30/h3-26H,1-2H3/b41-25+,42-26+,43-39-,44-40+. The highest BCUT2D eigenvalue weighted by molar-refractivity contribution is 7.11. The number of ketones is 2. The third-order valence-electron chi connectivity index (χ3n) is 7.81. The van der Waals surface area contributed by atoms with Crippen LogP contribution in [0.5, 0.6) is 0 Å². The molecule has 2 aromatic heterocycles. The molecule has 0 aliphatic heterocycles. The van der Waals surface area contributed by atoms with E-state index in [9.17, 15) is 9.59 Å². The Morgan fingerprint density at radius 1 is 0.519 bits per heavy atom. The monoisotopic (exact) mass is 718 g/mol. The third kappa shape index (κ3) is 7.78. The zero-order valence-corrected chi connectivity index (χ0v) is 29.7. The maximum atomic E-state index is 13.3. The molecule has 0 amide bonds. The van der Waals surface area contributed by atoms with Crippen molar-refractivity contribution in [2.24, 2.45) is 20.4 Å². The summed E-state index contributed by atoms with van der Waals surface area (Å²) in [6.07, 6.45) is 3.24. The maximum Gasteiger partial charge on any atom is 0.233 e. The minimum Gasteiger partial charge on any atom is -0.286 e. The van der Waals surface area contributed by atoms with Gasteiger partial charge in [-0.25, -0.2) is 9.36 Å². The van der Waals surface area contributed by atoms with Crippen molar-refractivity contribution in [3.05, 3.63) is 186 Å². The first-order valence-electron chi connectivity index (χ1n) is 16.2. The molecule has 5 aromatic carbocycles. The first-order valence-corrected chi connectivity index (χ1v) is 17.8. The van der Waals surface area contributed by atoms with Crippen LogP contribution in [0.3, 0.4) is 0 Å². The Labute approximate surface area is 306 Å². The summed E-state index contributed by atoms with van der Waals surface area (Å²) in [5, 5.41) is 27.6. The number of carbonyl (C=O) groups is 2. The van der Waals surface area contributed by atoms with Crippen molar-refractivity contribution >= 4 is 46.7 Å². The molecule has 0 bridgehead atoms. The summed E-state index contributed by atoms with van der Waals surface area (Å²) < 4.78 is 3.25. The molecule has 0 unspecified atom stereocenters. The van der Waals surface area contributed by atoms with Crippen LogP contribution < -0.4 is 9.60 Å². The van der Waals surface area contributed by atoms with E-state index in [0.717, 1.165) is 56.3 Å². The van der Waals surface area contributed by atoms with Crippen molar-refractivity contribution in [2.45, 2.75) is 13.8 Å². The first kappa shape index (κ1) is 34.0. The molecule has 7 rings (SSSR count). The Bertz CT molecular complexity index is 2380. The zero-order chi connectivity index (χ0) is 35.9. The lowest BCUT2D eigenvalue weighted by molar-refractivity contribution is 0.102. The summed E-state index contributed by atoms with van der Waals surface area (Å²) >= 11 is 2.33. The van der Waals surface area contributed by atoms with Gasteiger partial charge in [0.25, 0.3) is 0 Å². The second-order valence-electron chi connectivity index (χ2n) is 11.6. The predicted octanol–water partition coefficient (Wildman–Crippen LogP) is 7.13. The fourth-order valence-electron chi connectivity index (χ4n) is 5.04. The predicted molar refractivity (Wildman–Crippen MR) is 205 cm³/mol. The van der Waals surface area contributed by atoms with Crippen molar-refractivity contribution in [1.29, 1.82) is 0 Å². The summed E-state index contributed by atoms with van der Waals surface area (Å²) in [5.41, 5.74) is 6.30. The van der Waals surface area contributed by atoms with Crippen molar-refractivity contribution in [3.63, 3.8) is 0 Å². The molecule has 0 N–H and O–H groups in total. The van der Waals surface area contributed by atoms with Crippen molar-refractivity contribution in [2.75, 3.05) is 0 Å². The highest BCUT2D eigenvalue weighted by atomic mass is 32.1. The quantitative estimate of drug-likeness (QED) is 0.0849. The smallest absolute Gasteiger partial charge is 0.233 e. The SMILES string of the molecule is Cc1ccc(-n2nc(C(=O)c3ccccc3)s/c2=N\N=C\c2ccccc2/C=N/N=c2/sc(C(=O)c3ccccc3)nn2-c2ccc(C)cc2)cc1. The average molecular weight is 719 g/mol. The first-order chi connectivity index (χ1) is 25.4. The Kier molecular flexibility index (Phi) is 10.2. The van der Waals surface area contributed by atoms with Gasteiger partial charge in [0.05, 0.1) is 23.8 Å². The number of aryl methyl sites for hydroxylation is 2. The number of hydrogen-bond donors (Lipinski definition) is 0. The van der Waals surface area contributed by atoms with E-state index < -0.39 is 0 Å². The number of benzene rings is 5. The molecule has 0 radical (unpaired) electrons. The Hall–Kier alpha value is -6.50. The second kappa shape index (κ2) is 15.6. The van der Waals surface area contributed by atoms with E-state index in [1.165, 1.54) is 0 Å². The van der Waals surface area contributed by atoms with Gasteiger partial charge in [0, 0.05) is 22.3 Å². The van der Waals surface area contributed by atoms with Gasteiger partial charge in [-0.05, 0) is 38.1 Å². The van der Waals surface area contributed by atoms with E-state index in [1.807, 2.05) is 123 Å². The van der Waals surface area contributed by atoms with Crippen molar-refractivity contribution in [3.8, 4) is 11.4 Å². The van der Waals surface area contributed by atoms with Crippen LogP contribution in [0.15, 0.2) is 154 Å². The molecule has 2 heterocycles. The van der Waals surface area contributed by atoms with Crippen molar-refractivity contribution < 1.29 is 9.59 Å². The molecule has 0 spiro atoms. The van der Waals surface area contributed by atoms with Gasteiger partial charge in [0.2, 0.25) is 21.2 Å². The molecule has 0 fully saturated rings. The van der Waals surface area contributed by atoms with Gasteiger partial charge >= 0.3 is 0 Å². The molecule has 0 aliphatic rings. The molecule has 254 valence electrons. The van der Waals surface area contributed by atoms with Crippen LogP contribution >= 0.6 is 22.7 Å². The van der Waals surface area contributed by atoms with Crippen LogP contribution in [0.2, 0.25) is 0 Å². The van der Waals surface area contributed by atoms with Gasteiger partial charge in [0.15, 0.2) is 10.0 Å². The molecule has 52 heavy (non-hydrogen) atoms. The number of nitrogens with zero attached hydrogens (tertiary/aromatic N) is 8. The van der Waals surface area contributed by atoms with Crippen LogP contribution in [-0.2, 0) is 0 Å². The summed E-state index contributed by atoms with van der Waals surface area (Å²) in [6.45, 7) is 4.01. The van der Waals surface area contributed by atoms with E-state index in [-0.39, 0.29) is 11.6 Å². The zero-order valence-electron chi connectivity index (χ0n) is 28.1. The molecule has 12 heteroatoms. The van der Waals surface area contributed by atoms with Crippen LogP contribution in [0.25, 0.3) is 11.4 Å². The Balaban J connectivity index is 1.21. The van der Waals surface area contributed by atoms with Gasteiger partial charge in [-0.1, -0.05) is 143 Å². The molecule has 0 atom stereocenters. The summed E-state index contributed by atoms with van der Waals surface area (Å²) in [6, 6.07) is 41.2. The molecule has 0 saturated carbocycles. The van der Waals surface area contributed by atoms with Crippen LogP contribution in [0.1, 0.15) is 53.0 Å². The van der Waals surface area contributed by atoms with Crippen LogP contribution in [0.4, 0.5) is 0 Å². The number of rotatable bonds is 10. The van der Waals surface area contributed by atoms with E-state index in [0.29, 0.717) is 30.7 Å². The van der Waals surface area contributed by atoms with Gasteiger partial charge in [0.1, 0.15) is 0 Å². The van der Waals surface area contributed by atoms with E-state index >= 15 is 0 Å². The lowest BCUT2D eigenvalue weighted by Gasteiger charge is -2.01. The third-order valence-corrected chi connectivity index (χ3v) is 9.61. The van der Waals surface area contributed by atoms with E-state index in [2.05, 4.69) is 30.6 Å². The lowest BCUT2D eigenvalue weighted by Crippen LogP contribution is -2.14. The minimum atomic E-state index is -0.191. The number of carbonyl (C=O) groups excluding carboxylic acids is 2. The van der Waals surface area contributed by atoms with Gasteiger partial charge in [-0.2, -0.15) is 20.4 Å². The molecule has 7 aromatic rings. The highest BCUT2D eigenvalue weighted by Gasteiger charge is 2.18. The molecular weight excluding hydrogens is 689 g/mol. The minimum absolute atomic E-state index is 0.191. The highest BCUT2D eigenvalue weighted by Crippen LogP contribution is 2.15. The molecular formula is C40H30N8O2S2. The molecule has 10 nitrogen and oxygen atoms in total. The van der Waals surface area contributed by atoms with E-state index in [1.54, 1.807) is 46.1 Å². The average Bonchev–Trinajstić information content (AvgIpc) is 3.81. The fraction of sp³-hybridized carbons (Fsp3) is 0.0500. The lowest BCUT2D eigenvalue weighted by atomic mass is 10.1. The summed E-state index contributed by atoms with van der Waals surface area (Å²) in [5.74, 6) is -0.383. The van der Waals surface area contributed by atoms with Crippen molar-refractivity contribution in [1.82, 2.24) is 19.6 Å². The van der Waals surface area contributed by atoms with Gasteiger partial charge in [-0.15, -0.1) is 10.2 Å². The molecule has 0 aliphatic carbocycles. The Morgan fingerprint density at radius 3 is 1.27 bits per heavy atom. The summed E-state index contributed by atoms with van der Waals surface area (Å²) in [4.78, 5) is 27.4. The second-order valence-corrected chi connectivity index (χ2v) is 13.5.